The van der Waals surface area contributed by atoms with Crippen LogP contribution in [-0.2, 0) is 22.8 Å². The molecule has 0 aliphatic heterocycles. The summed E-state index contributed by atoms with van der Waals surface area (Å²) in [5, 5.41) is 43.8. The van der Waals surface area contributed by atoms with Crippen molar-refractivity contribution < 1.29 is 95.1 Å². The minimum atomic E-state index is -2.85. The summed E-state index contributed by atoms with van der Waals surface area (Å²) in [6.45, 7) is 5.81. The van der Waals surface area contributed by atoms with Crippen LogP contribution in [-0.4, -0.2) is 112 Å². The molecule has 25 nitrogen and oxygen atoms in total. The molecule has 9 heterocycles. The van der Waals surface area contributed by atoms with Crippen LogP contribution in [0.3, 0.4) is 0 Å². The summed E-state index contributed by atoms with van der Waals surface area (Å²) in [5.41, 5.74) is 8.35. The molecule has 0 spiro atoms. The van der Waals surface area contributed by atoms with E-state index in [1.54, 1.807) is 59.7 Å². The molecule has 3 aliphatic rings. The molecule has 0 radical (unpaired) electrons. The predicted octanol–water partition coefficient (Wildman–Crippen LogP) is 13.3. The first-order valence-corrected chi connectivity index (χ1v) is 34.3. The summed E-state index contributed by atoms with van der Waals surface area (Å²) in [6.07, 6.45) is 14.6. The van der Waals surface area contributed by atoms with Gasteiger partial charge in [-0.3, -0.25) is 38.6 Å². The molecular weight excluding hydrogens is 1460 g/mol. The number of aliphatic hydroxyl groups is 2. The average molecular weight is 1530 g/mol. The number of carbonyl (C=O) groups is 4. The van der Waals surface area contributed by atoms with Gasteiger partial charge >= 0.3 is 33.8 Å². The van der Waals surface area contributed by atoms with Gasteiger partial charge in [-0.1, -0.05) is 0 Å². The van der Waals surface area contributed by atoms with E-state index in [4.69, 9.17) is 32.2 Å². The number of aromatic nitrogens is 12. The van der Waals surface area contributed by atoms with Crippen LogP contribution in [0.15, 0.2) is 106 Å². The Morgan fingerprint density at radius 2 is 0.927 bits per heavy atom. The standard InChI is InChI=1S/C21H23F2N5O3.C21H21F2N5O3.C11H17F2N3O.C10H8N2O3.S.W.H2/c2*1-12-8-14(6-7-24-12)21-26-17(11-31-21)20(30)25-16-9-28(27-18(16)19(22)23)15-4-2-13(10-29)3-5-15;12-11(13)10-9(14)5-16(15-10)8-3-1-7(6-17)2-4-8;1-6-4-7(2-3-11-6)9-12-8(5-15-9)10(13)14;;;/h6-9,11,13,15,19,29H,2-5,10H2,1H3,(H,25,30);6-11,13,15,19H,2-5H2,1H3,(H,25,30);5,7-8,11,17H,1-4,6,14H2;2-5H,1H3,(H,13,14);;;1H/i;;;;;;1+2D. The number of carboxylic acids is 1. The van der Waals surface area contributed by atoms with Gasteiger partial charge in [-0.05, 0) is 146 Å². The molecule has 512 valence electrons. The number of oxazole rings is 3. The van der Waals surface area contributed by atoms with Crippen molar-refractivity contribution in [1.29, 1.82) is 0 Å². The van der Waals surface area contributed by atoms with E-state index in [-0.39, 0.29) is 101 Å². The molecule has 0 bridgehead atoms. The molecule has 3 saturated carbocycles. The monoisotopic (exact) mass is 1530 g/mol. The molecule has 0 saturated heterocycles. The van der Waals surface area contributed by atoms with Crippen molar-refractivity contribution >= 4 is 51.0 Å². The number of nitrogens with two attached hydrogens (primary N) is 1. The van der Waals surface area contributed by atoms with Gasteiger partial charge in [-0.2, -0.15) is 15.3 Å². The Hall–Kier alpha value is -9.00. The Balaban J connectivity index is 0.000000189. The van der Waals surface area contributed by atoms with E-state index < -0.39 is 48.4 Å². The first-order chi connectivity index (χ1) is 47.2. The summed E-state index contributed by atoms with van der Waals surface area (Å²) in [7, 11) is 4.17. The van der Waals surface area contributed by atoms with Crippen molar-refractivity contribution in [3.63, 3.8) is 0 Å². The number of nitrogen functional groups attached to an aromatic ring is 1. The zero-order valence-corrected chi connectivity index (χ0v) is 55.8. The third kappa shape index (κ3) is 19.4. The fraction of sp³-hybridized carbons (Fsp3) is 0.413. The van der Waals surface area contributed by atoms with Gasteiger partial charge in [0.05, 0.1) is 35.2 Å². The van der Waals surface area contributed by atoms with Gasteiger partial charge in [0.15, 0.2) is 34.2 Å². The van der Waals surface area contributed by atoms with Crippen molar-refractivity contribution in [2.24, 2.45) is 17.8 Å². The summed E-state index contributed by atoms with van der Waals surface area (Å²) < 4.78 is 110. The number of aldehydes is 1. The van der Waals surface area contributed by atoms with E-state index in [2.05, 4.69) is 65.7 Å². The molecule has 9 aromatic heterocycles. The second-order valence-corrected chi connectivity index (χ2v) is 23.0. The Morgan fingerprint density at radius 3 is 1.24 bits per heavy atom. The van der Waals surface area contributed by atoms with Gasteiger partial charge < -0.3 is 49.7 Å². The van der Waals surface area contributed by atoms with Gasteiger partial charge in [-0.25, -0.2) is 46.1 Å². The van der Waals surface area contributed by atoms with E-state index in [1.165, 1.54) is 58.5 Å². The number of aryl methyl sites for hydroxylation is 3. The third-order valence-electron chi connectivity index (χ3n) is 16.3. The Labute approximate surface area is 563 Å². The quantitative estimate of drug-likeness (QED) is 0.0364. The number of hydrogen-bond donors (Lipinski definition) is 6. The molecule has 0 atom stereocenters. The number of rotatable bonds is 17. The fourth-order valence-electron chi connectivity index (χ4n) is 11.1. The van der Waals surface area contributed by atoms with E-state index in [0.717, 1.165) is 86.6 Å². The van der Waals surface area contributed by atoms with Crippen LogP contribution >= 0.6 is 9.82 Å². The molecule has 0 unspecified atom stereocenters. The van der Waals surface area contributed by atoms with Gasteiger partial charge in [0.1, 0.15) is 25.1 Å². The molecule has 3 fully saturated rings. The molecule has 9 aromatic rings. The Bertz CT molecular complexity index is 4040. The summed E-state index contributed by atoms with van der Waals surface area (Å²) in [4.78, 5) is 71.1. The van der Waals surface area contributed by atoms with Crippen LogP contribution in [0.2, 0.25) is 0 Å². The Morgan fingerprint density at radius 1 is 0.594 bits per heavy atom. The van der Waals surface area contributed by atoms with E-state index in [9.17, 15) is 50.6 Å². The zero-order valence-electron chi connectivity index (χ0n) is 54.1. The van der Waals surface area contributed by atoms with Crippen LogP contribution in [0.5, 0.6) is 0 Å². The van der Waals surface area contributed by atoms with Crippen molar-refractivity contribution in [2.45, 2.75) is 135 Å². The van der Waals surface area contributed by atoms with Crippen LogP contribution < -0.4 is 16.4 Å². The summed E-state index contributed by atoms with van der Waals surface area (Å²) in [6, 6.07) is 10.4. The number of aromatic carboxylic acids is 1. The second-order valence-electron chi connectivity index (χ2n) is 23.0. The molecule has 33 heteroatoms. The number of amides is 2. The fourth-order valence-corrected chi connectivity index (χ4v) is 11.1. The normalized spacial score (nSPS) is 18.4. The number of halogens is 6. The number of carbonyl (C=O) groups excluding carboxylic acids is 3. The van der Waals surface area contributed by atoms with Crippen molar-refractivity contribution in [1.82, 2.24) is 59.2 Å². The van der Waals surface area contributed by atoms with Crippen molar-refractivity contribution in [2.75, 3.05) is 29.6 Å². The first-order valence-electron chi connectivity index (χ1n) is 31.4. The summed E-state index contributed by atoms with van der Waals surface area (Å²) >= 11 is 1.17. The molecule has 96 heavy (non-hydrogen) atoms. The number of anilines is 3. The van der Waals surface area contributed by atoms with E-state index >= 15 is 0 Å². The minimum absolute atomic E-state index is 0.00565. The number of hydrogen-bond acceptors (Lipinski definition) is 20. The molecular formula is C63H71F6N15O10SW. The number of carboxylic acid groups (broad SMARTS) is 1. The number of nitrogens with zero attached hydrogens (tertiary/aromatic N) is 12. The summed E-state index contributed by atoms with van der Waals surface area (Å²) in [5.74, 6) is -1.09. The van der Waals surface area contributed by atoms with Crippen LogP contribution in [0, 0.1) is 38.5 Å². The van der Waals surface area contributed by atoms with Gasteiger partial charge in [-0.15, -0.1) is 0 Å². The SMILES string of the molecule is Cc1cc(-c2nc(C(=O)Nc3cn(C4CCC(C=O)CC4)nc3C(F)F)co2)ccn1.Cc1cc(-c2nc(C(=O)Nc3cn(C4CCC(CO)CC4)nc3C(F)F)co2)ccn1.Cc1cc(-c2nc(C(=O)O)co2)ccn1.Nc1cn(C2CCC(CO)CC2)nc1C(F)F.[2H][3H].[S]=[W]. The maximum absolute atomic E-state index is 13.5. The van der Waals surface area contributed by atoms with Crippen LogP contribution in [0.25, 0.3) is 34.4 Å². The molecule has 3 aliphatic carbocycles. The maximum atomic E-state index is 13.5. The van der Waals surface area contributed by atoms with Gasteiger partial charge in [0, 0.05) is 93.1 Å². The molecule has 2 amide bonds. The predicted molar refractivity (Wildman–Crippen MR) is 335 cm³/mol. The number of alkyl halides is 6. The molecule has 0 aromatic carbocycles. The zero-order chi connectivity index (χ0) is 71.2. The number of aliphatic hydroxyl groups excluding tert-OH is 2. The van der Waals surface area contributed by atoms with Crippen LogP contribution in [0.1, 0.15) is 183 Å². The van der Waals surface area contributed by atoms with Crippen molar-refractivity contribution in [3.8, 4) is 34.4 Å². The van der Waals surface area contributed by atoms with Gasteiger partial charge in [0.25, 0.3) is 31.1 Å². The van der Waals surface area contributed by atoms with E-state index in [0.29, 0.717) is 42.7 Å². The Kier molecular flexibility index (Phi) is 25.7. The van der Waals surface area contributed by atoms with Crippen molar-refractivity contribution in [3.05, 3.63) is 144 Å². The van der Waals surface area contributed by atoms with E-state index in [1.807, 2.05) is 20.8 Å². The topological polar surface area (TPSA) is 349 Å². The number of nitrogens with one attached hydrogen (secondary N) is 2. The first kappa shape index (κ1) is 71.3. The van der Waals surface area contributed by atoms with Crippen LogP contribution in [0.4, 0.5) is 43.4 Å². The third-order valence-corrected chi connectivity index (χ3v) is 16.3. The number of pyridine rings is 3. The second kappa shape index (κ2) is 34.6. The average Bonchev–Trinajstić information content (AvgIpc) is 1.68. The molecule has 12 rings (SSSR count). The van der Waals surface area contributed by atoms with Gasteiger partial charge in [0.2, 0.25) is 17.7 Å². The molecule has 7 N–H and O–H groups in total.